The Bertz CT molecular complexity index is 740. The molecule has 0 radical (unpaired) electrons. The highest BCUT2D eigenvalue weighted by molar-refractivity contribution is 7.13. The van der Waals surface area contributed by atoms with Crippen molar-refractivity contribution in [2.24, 2.45) is 0 Å². The number of pyridine rings is 1. The average Bonchev–Trinajstić information content (AvgIpc) is 3.12. The Hall–Kier alpha value is -1.79. The SMILES string of the molecule is Cc1nc(C)c(C(=O)N2CCCC2c2ccnc(CN(C)C)c2)s1. The van der Waals surface area contributed by atoms with E-state index in [1.165, 1.54) is 16.9 Å². The van der Waals surface area contributed by atoms with Gasteiger partial charge in [-0.25, -0.2) is 4.98 Å². The summed E-state index contributed by atoms with van der Waals surface area (Å²) in [5.74, 6) is 0.117. The van der Waals surface area contributed by atoms with Gasteiger partial charge in [0, 0.05) is 19.3 Å². The smallest absolute Gasteiger partial charge is 0.266 e. The van der Waals surface area contributed by atoms with Crippen LogP contribution >= 0.6 is 11.3 Å². The maximum atomic E-state index is 13.0. The number of rotatable bonds is 4. The molecule has 1 atom stereocenters. The molecule has 0 bridgehead atoms. The molecule has 0 spiro atoms. The van der Waals surface area contributed by atoms with Gasteiger partial charge in [-0.15, -0.1) is 11.3 Å². The first-order chi connectivity index (χ1) is 11.5. The maximum absolute atomic E-state index is 13.0. The molecule has 128 valence electrons. The van der Waals surface area contributed by atoms with Crippen molar-refractivity contribution in [3.8, 4) is 0 Å². The van der Waals surface area contributed by atoms with E-state index in [1.807, 2.05) is 45.1 Å². The molecule has 0 saturated carbocycles. The molecule has 6 heteroatoms. The fourth-order valence-corrected chi connectivity index (χ4v) is 4.21. The van der Waals surface area contributed by atoms with Crippen molar-refractivity contribution >= 4 is 17.2 Å². The van der Waals surface area contributed by atoms with Crippen molar-refractivity contribution in [2.75, 3.05) is 20.6 Å². The Labute approximate surface area is 147 Å². The number of hydrogen-bond acceptors (Lipinski definition) is 5. The highest BCUT2D eigenvalue weighted by Crippen LogP contribution is 2.34. The Balaban J connectivity index is 1.85. The molecule has 1 unspecified atom stereocenters. The van der Waals surface area contributed by atoms with E-state index in [9.17, 15) is 4.79 Å². The maximum Gasteiger partial charge on any atom is 0.266 e. The van der Waals surface area contributed by atoms with Crippen molar-refractivity contribution in [3.05, 3.63) is 45.2 Å². The Morgan fingerprint density at radius 2 is 2.21 bits per heavy atom. The summed E-state index contributed by atoms with van der Waals surface area (Å²) >= 11 is 1.50. The summed E-state index contributed by atoms with van der Waals surface area (Å²) < 4.78 is 0. The first-order valence-electron chi connectivity index (χ1n) is 8.30. The van der Waals surface area contributed by atoms with Gasteiger partial charge in [0.1, 0.15) is 4.88 Å². The fraction of sp³-hybridized carbons (Fsp3) is 0.500. The molecule has 0 aliphatic carbocycles. The van der Waals surface area contributed by atoms with Gasteiger partial charge >= 0.3 is 0 Å². The lowest BCUT2D eigenvalue weighted by atomic mass is 10.0. The van der Waals surface area contributed by atoms with E-state index in [4.69, 9.17) is 0 Å². The zero-order valence-corrected chi connectivity index (χ0v) is 15.6. The van der Waals surface area contributed by atoms with Gasteiger partial charge in [0.2, 0.25) is 0 Å². The van der Waals surface area contributed by atoms with Crippen LogP contribution in [0.3, 0.4) is 0 Å². The lowest BCUT2D eigenvalue weighted by Gasteiger charge is -2.25. The monoisotopic (exact) mass is 344 g/mol. The number of thiazole rings is 1. The average molecular weight is 344 g/mol. The molecule has 0 aromatic carbocycles. The number of nitrogens with zero attached hydrogens (tertiary/aromatic N) is 4. The molecule has 5 nitrogen and oxygen atoms in total. The zero-order valence-electron chi connectivity index (χ0n) is 14.7. The van der Waals surface area contributed by atoms with Crippen molar-refractivity contribution in [2.45, 2.75) is 39.3 Å². The van der Waals surface area contributed by atoms with Gasteiger partial charge in [-0.2, -0.15) is 0 Å². The fourth-order valence-electron chi connectivity index (χ4n) is 3.33. The van der Waals surface area contributed by atoms with Gasteiger partial charge in [0.05, 0.1) is 22.4 Å². The Morgan fingerprint density at radius 1 is 1.42 bits per heavy atom. The van der Waals surface area contributed by atoms with Crippen molar-refractivity contribution in [1.82, 2.24) is 19.8 Å². The molecular formula is C18H24N4OS. The van der Waals surface area contributed by atoms with Crippen molar-refractivity contribution in [1.29, 1.82) is 0 Å². The molecule has 3 rings (SSSR count). The van der Waals surface area contributed by atoms with E-state index in [0.717, 1.165) is 47.2 Å². The van der Waals surface area contributed by atoms with E-state index in [1.54, 1.807) is 0 Å². The standard InChI is InChI=1S/C18H24N4OS/c1-12-17(24-13(2)20-12)18(23)22-9-5-6-16(22)14-7-8-19-15(10-14)11-21(3)4/h7-8,10,16H,5-6,9,11H2,1-4H3. The Kier molecular flexibility index (Phi) is 4.96. The van der Waals surface area contributed by atoms with Crippen LogP contribution in [0.4, 0.5) is 0 Å². The van der Waals surface area contributed by atoms with E-state index in [2.05, 4.69) is 20.9 Å². The lowest BCUT2D eigenvalue weighted by molar-refractivity contribution is 0.0739. The molecule has 2 aromatic heterocycles. The van der Waals surface area contributed by atoms with Gasteiger partial charge in [0.25, 0.3) is 5.91 Å². The quantitative estimate of drug-likeness (QED) is 0.855. The summed E-state index contributed by atoms with van der Waals surface area (Å²) in [5, 5.41) is 0.948. The second-order valence-corrected chi connectivity index (χ2v) is 7.83. The van der Waals surface area contributed by atoms with Crippen LogP contribution < -0.4 is 0 Å². The highest BCUT2D eigenvalue weighted by Gasteiger charge is 2.32. The number of carbonyl (C=O) groups is 1. The summed E-state index contributed by atoms with van der Waals surface area (Å²) in [7, 11) is 4.07. The number of likely N-dealkylation sites (tertiary alicyclic amines) is 1. The molecule has 1 aliphatic rings. The molecule has 2 aromatic rings. The second-order valence-electron chi connectivity index (χ2n) is 6.62. The molecule has 1 amide bonds. The highest BCUT2D eigenvalue weighted by atomic mass is 32.1. The third-order valence-corrected chi connectivity index (χ3v) is 5.38. The minimum absolute atomic E-state index is 0.117. The van der Waals surface area contributed by atoms with Crippen LogP contribution in [0.5, 0.6) is 0 Å². The van der Waals surface area contributed by atoms with E-state index < -0.39 is 0 Å². The van der Waals surface area contributed by atoms with Gasteiger partial charge < -0.3 is 9.80 Å². The van der Waals surface area contributed by atoms with E-state index >= 15 is 0 Å². The molecule has 24 heavy (non-hydrogen) atoms. The van der Waals surface area contributed by atoms with E-state index in [-0.39, 0.29) is 11.9 Å². The minimum atomic E-state index is 0.117. The second kappa shape index (κ2) is 6.99. The predicted molar refractivity (Wildman–Crippen MR) is 96.2 cm³/mol. The lowest BCUT2D eigenvalue weighted by Crippen LogP contribution is -2.30. The van der Waals surface area contributed by atoms with Gasteiger partial charge in [-0.1, -0.05) is 0 Å². The number of hydrogen-bond donors (Lipinski definition) is 0. The summed E-state index contributed by atoms with van der Waals surface area (Å²) in [6.45, 7) is 5.49. The number of carbonyl (C=O) groups excluding carboxylic acids is 1. The third-order valence-electron chi connectivity index (χ3n) is 4.32. The van der Waals surface area contributed by atoms with Crippen LogP contribution in [-0.2, 0) is 6.54 Å². The first-order valence-corrected chi connectivity index (χ1v) is 9.12. The molecule has 0 N–H and O–H groups in total. The molecule has 3 heterocycles. The van der Waals surface area contributed by atoms with Crippen LogP contribution in [0.1, 0.15) is 50.5 Å². The van der Waals surface area contributed by atoms with Gasteiger partial charge in [-0.3, -0.25) is 9.78 Å². The predicted octanol–water partition coefficient (Wildman–Crippen LogP) is 3.19. The summed E-state index contributed by atoms with van der Waals surface area (Å²) in [5.41, 5.74) is 3.07. The largest absolute Gasteiger partial charge is 0.331 e. The van der Waals surface area contributed by atoms with Gasteiger partial charge in [-0.05, 0) is 58.5 Å². The molecule has 1 aliphatic heterocycles. The molecule has 1 saturated heterocycles. The van der Waals surface area contributed by atoms with Crippen LogP contribution in [-0.4, -0.2) is 46.3 Å². The molecular weight excluding hydrogens is 320 g/mol. The summed E-state index contributed by atoms with van der Waals surface area (Å²) in [6.07, 6.45) is 3.91. The Morgan fingerprint density at radius 3 is 2.88 bits per heavy atom. The van der Waals surface area contributed by atoms with Gasteiger partial charge in [0.15, 0.2) is 0 Å². The summed E-state index contributed by atoms with van der Waals surface area (Å²) in [4.78, 5) is 26.7. The number of amides is 1. The zero-order chi connectivity index (χ0) is 17.3. The van der Waals surface area contributed by atoms with Crippen LogP contribution in [0.2, 0.25) is 0 Å². The van der Waals surface area contributed by atoms with Crippen molar-refractivity contribution < 1.29 is 4.79 Å². The first kappa shape index (κ1) is 17.0. The summed E-state index contributed by atoms with van der Waals surface area (Å²) in [6, 6.07) is 4.32. The van der Waals surface area contributed by atoms with Crippen LogP contribution in [0, 0.1) is 13.8 Å². The minimum Gasteiger partial charge on any atom is -0.331 e. The van der Waals surface area contributed by atoms with Crippen LogP contribution in [0.15, 0.2) is 18.3 Å². The third kappa shape index (κ3) is 3.49. The normalized spacial score (nSPS) is 17.7. The van der Waals surface area contributed by atoms with Crippen LogP contribution in [0.25, 0.3) is 0 Å². The van der Waals surface area contributed by atoms with E-state index in [0.29, 0.717) is 0 Å². The number of aromatic nitrogens is 2. The van der Waals surface area contributed by atoms with Crippen molar-refractivity contribution in [3.63, 3.8) is 0 Å². The number of aryl methyl sites for hydroxylation is 2. The topological polar surface area (TPSA) is 49.3 Å². The molecule has 1 fully saturated rings.